The first-order valence-corrected chi connectivity index (χ1v) is 6.07. The van der Waals surface area contributed by atoms with Crippen LogP contribution in [0, 0.1) is 22.7 Å². The normalized spacial score (nSPS) is 11.6. The molecule has 0 saturated carbocycles. The minimum absolute atomic E-state index is 0.0192. The molecule has 2 aromatic rings. The van der Waals surface area contributed by atoms with Crippen LogP contribution >= 0.6 is 0 Å². The van der Waals surface area contributed by atoms with Gasteiger partial charge in [-0.25, -0.2) is 4.98 Å². The number of benzene rings is 1. The number of nitriles is 2. The number of anilines is 1. The number of nitrogens with zero attached hydrogens (tertiary/aromatic N) is 4. The molecule has 4 heteroatoms. The quantitative estimate of drug-likeness (QED) is 0.840. The maximum absolute atomic E-state index is 9.26. The van der Waals surface area contributed by atoms with Crippen LogP contribution in [0.2, 0.25) is 0 Å². The summed E-state index contributed by atoms with van der Waals surface area (Å²) in [5, 5.41) is 19.0. The Morgan fingerprint density at radius 3 is 2.74 bits per heavy atom. The van der Waals surface area contributed by atoms with Crippen LogP contribution in [0.15, 0.2) is 30.3 Å². The average molecular weight is 250 g/mol. The highest BCUT2D eigenvalue weighted by Gasteiger charge is 2.15. The lowest BCUT2D eigenvalue weighted by Crippen LogP contribution is -2.29. The standard InChI is InChI=1S/C15H14N4/c1-11(7-8-16)19(2)15-13(10-17)9-12-5-3-4-6-14(12)18-15/h3-6,9,11H,7H2,1-2H3. The van der Waals surface area contributed by atoms with Crippen LogP contribution in [0.5, 0.6) is 0 Å². The molecule has 1 unspecified atom stereocenters. The number of fused-ring (bicyclic) bond motifs is 1. The molecule has 0 fully saturated rings. The zero-order valence-electron chi connectivity index (χ0n) is 11.0. The number of pyridine rings is 1. The second-order valence-electron chi connectivity index (χ2n) is 4.49. The first kappa shape index (κ1) is 12.9. The number of hydrogen-bond donors (Lipinski definition) is 0. The molecule has 0 aliphatic heterocycles. The van der Waals surface area contributed by atoms with Crippen LogP contribution in [-0.2, 0) is 0 Å². The summed E-state index contributed by atoms with van der Waals surface area (Å²) in [4.78, 5) is 6.43. The van der Waals surface area contributed by atoms with Gasteiger partial charge in [0.05, 0.1) is 23.6 Å². The van der Waals surface area contributed by atoms with Gasteiger partial charge in [0, 0.05) is 18.5 Å². The molecule has 1 aromatic carbocycles. The molecule has 4 nitrogen and oxygen atoms in total. The lowest BCUT2D eigenvalue weighted by atomic mass is 10.1. The number of hydrogen-bond acceptors (Lipinski definition) is 4. The van der Waals surface area contributed by atoms with Crippen molar-refractivity contribution < 1.29 is 0 Å². The topological polar surface area (TPSA) is 63.7 Å². The van der Waals surface area contributed by atoms with E-state index in [2.05, 4.69) is 17.1 Å². The first-order valence-electron chi connectivity index (χ1n) is 6.07. The maximum atomic E-state index is 9.26. The van der Waals surface area contributed by atoms with Crippen LogP contribution in [-0.4, -0.2) is 18.1 Å². The van der Waals surface area contributed by atoms with Crippen LogP contribution in [0.1, 0.15) is 18.9 Å². The molecule has 0 N–H and O–H groups in total. The van der Waals surface area contributed by atoms with Crippen LogP contribution in [0.3, 0.4) is 0 Å². The maximum Gasteiger partial charge on any atom is 0.147 e. The molecule has 1 aromatic heterocycles. The third kappa shape index (κ3) is 2.48. The molecule has 0 aliphatic rings. The Balaban J connectivity index is 2.53. The summed E-state index contributed by atoms with van der Waals surface area (Å²) in [5.74, 6) is 0.629. The minimum Gasteiger partial charge on any atom is -0.355 e. The molecular weight excluding hydrogens is 236 g/mol. The third-order valence-electron chi connectivity index (χ3n) is 3.21. The van der Waals surface area contributed by atoms with Crippen molar-refractivity contribution in [3.8, 4) is 12.1 Å². The van der Waals surface area contributed by atoms with E-state index in [4.69, 9.17) is 5.26 Å². The van der Waals surface area contributed by atoms with Gasteiger partial charge in [-0.05, 0) is 19.1 Å². The van der Waals surface area contributed by atoms with Crippen molar-refractivity contribution in [1.29, 1.82) is 10.5 Å². The Hall–Kier alpha value is -2.59. The van der Waals surface area contributed by atoms with Crippen molar-refractivity contribution in [2.45, 2.75) is 19.4 Å². The SMILES string of the molecule is CC(CC#N)N(C)c1nc2ccccc2cc1C#N. The van der Waals surface area contributed by atoms with Crippen LogP contribution in [0.25, 0.3) is 10.9 Å². The monoisotopic (exact) mass is 250 g/mol. The predicted molar refractivity (Wildman–Crippen MR) is 74.6 cm³/mol. The zero-order valence-corrected chi connectivity index (χ0v) is 11.0. The Bertz CT molecular complexity index is 679. The largest absolute Gasteiger partial charge is 0.355 e. The number of aromatic nitrogens is 1. The van der Waals surface area contributed by atoms with E-state index in [0.717, 1.165) is 10.9 Å². The van der Waals surface area contributed by atoms with E-state index < -0.39 is 0 Å². The second-order valence-corrected chi connectivity index (χ2v) is 4.49. The Labute approximate surface area is 112 Å². The van der Waals surface area contributed by atoms with Gasteiger partial charge in [0.1, 0.15) is 11.9 Å². The molecular formula is C15H14N4. The van der Waals surface area contributed by atoms with E-state index in [9.17, 15) is 5.26 Å². The molecule has 0 amide bonds. The van der Waals surface area contributed by atoms with Crippen LogP contribution < -0.4 is 4.90 Å². The van der Waals surface area contributed by atoms with E-state index in [1.807, 2.05) is 49.2 Å². The zero-order chi connectivity index (χ0) is 13.8. The van der Waals surface area contributed by atoms with Gasteiger partial charge in [-0.3, -0.25) is 0 Å². The molecule has 1 heterocycles. The Kier molecular flexibility index (Phi) is 3.63. The molecule has 0 bridgehead atoms. The Morgan fingerprint density at radius 2 is 2.05 bits per heavy atom. The molecule has 0 saturated heterocycles. The summed E-state index contributed by atoms with van der Waals surface area (Å²) in [6.07, 6.45) is 0.399. The molecule has 1 atom stereocenters. The first-order chi connectivity index (χ1) is 9.17. The van der Waals surface area contributed by atoms with E-state index >= 15 is 0 Å². The summed E-state index contributed by atoms with van der Waals surface area (Å²) in [6.45, 7) is 1.95. The van der Waals surface area contributed by atoms with Crippen molar-refractivity contribution in [2.75, 3.05) is 11.9 Å². The molecule has 94 valence electrons. The summed E-state index contributed by atoms with van der Waals surface area (Å²) < 4.78 is 0. The van der Waals surface area contributed by atoms with Gasteiger partial charge in [0.25, 0.3) is 0 Å². The second kappa shape index (κ2) is 5.37. The third-order valence-corrected chi connectivity index (χ3v) is 3.21. The molecule has 0 aliphatic carbocycles. The molecule has 19 heavy (non-hydrogen) atoms. The van der Waals surface area contributed by atoms with E-state index in [-0.39, 0.29) is 6.04 Å². The predicted octanol–water partition coefficient (Wildman–Crippen LogP) is 2.84. The van der Waals surface area contributed by atoms with Gasteiger partial charge < -0.3 is 4.90 Å². The fourth-order valence-electron chi connectivity index (χ4n) is 1.93. The number of rotatable bonds is 3. The fourth-order valence-corrected chi connectivity index (χ4v) is 1.93. The van der Waals surface area contributed by atoms with Crippen molar-refractivity contribution in [3.05, 3.63) is 35.9 Å². The van der Waals surface area contributed by atoms with E-state index in [1.54, 1.807) is 0 Å². The smallest absolute Gasteiger partial charge is 0.147 e. The minimum atomic E-state index is 0.0192. The van der Waals surface area contributed by atoms with E-state index in [0.29, 0.717) is 17.8 Å². The molecule has 0 radical (unpaired) electrons. The molecule has 0 spiro atoms. The highest BCUT2D eigenvalue weighted by atomic mass is 15.2. The van der Waals surface area contributed by atoms with Crippen molar-refractivity contribution in [2.24, 2.45) is 0 Å². The van der Waals surface area contributed by atoms with Gasteiger partial charge in [0.2, 0.25) is 0 Å². The lowest BCUT2D eigenvalue weighted by Gasteiger charge is -2.25. The average Bonchev–Trinajstić information content (AvgIpc) is 2.45. The summed E-state index contributed by atoms with van der Waals surface area (Å²) in [5.41, 5.74) is 1.39. The highest BCUT2D eigenvalue weighted by molar-refractivity contribution is 5.83. The van der Waals surface area contributed by atoms with Crippen molar-refractivity contribution >= 4 is 16.7 Å². The van der Waals surface area contributed by atoms with Crippen molar-refractivity contribution in [1.82, 2.24) is 4.98 Å². The van der Waals surface area contributed by atoms with Gasteiger partial charge in [0.15, 0.2) is 0 Å². The summed E-state index contributed by atoms with van der Waals surface area (Å²) >= 11 is 0. The van der Waals surface area contributed by atoms with Crippen molar-refractivity contribution in [3.63, 3.8) is 0 Å². The summed E-state index contributed by atoms with van der Waals surface area (Å²) in [6, 6.07) is 13.9. The highest BCUT2D eigenvalue weighted by Crippen LogP contribution is 2.24. The van der Waals surface area contributed by atoms with Gasteiger partial charge in [-0.15, -0.1) is 0 Å². The lowest BCUT2D eigenvalue weighted by molar-refractivity contribution is 0.694. The molecule has 2 rings (SSSR count). The van der Waals surface area contributed by atoms with E-state index in [1.165, 1.54) is 0 Å². The fraction of sp³-hybridized carbons (Fsp3) is 0.267. The van der Waals surface area contributed by atoms with Gasteiger partial charge in [-0.2, -0.15) is 10.5 Å². The number of para-hydroxylation sites is 1. The van der Waals surface area contributed by atoms with Gasteiger partial charge in [-0.1, -0.05) is 18.2 Å². The Morgan fingerprint density at radius 1 is 1.32 bits per heavy atom. The van der Waals surface area contributed by atoms with Crippen LogP contribution in [0.4, 0.5) is 5.82 Å². The van der Waals surface area contributed by atoms with Gasteiger partial charge >= 0.3 is 0 Å². The summed E-state index contributed by atoms with van der Waals surface area (Å²) in [7, 11) is 1.86.